The van der Waals surface area contributed by atoms with Crippen LogP contribution in [-0.2, 0) is 4.74 Å². The molecular formula is C16H23NO3. The molecule has 2 rings (SSSR count). The largest absolute Gasteiger partial charge is 0.478 e. The van der Waals surface area contributed by atoms with Crippen molar-refractivity contribution in [3.8, 4) is 0 Å². The van der Waals surface area contributed by atoms with Crippen LogP contribution >= 0.6 is 0 Å². The Kier molecular flexibility index (Phi) is 5.41. The van der Waals surface area contributed by atoms with E-state index in [1.165, 1.54) is 19.3 Å². The Bertz CT molecular complexity index is 453. The number of carboxylic acid groups (broad SMARTS) is 1. The van der Waals surface area contributed by atoms with Gasteiger partial charge in [0.05, 0.1) is 18.3 Å². The van der Waals surface area contributed by atoms with Gasteiger partial charge in [0.1, 0.15) is 0 Å². The van der Waals surface area contributed by atoms with E-state index in [1.807, 2.05) is 19.1 Å². The van der Waals surface area contributed by atoms with Gasteiger partial charge in [0, 0.05) is 12.2 Å². The zero-order valence-corrected chi connectivity index (χ0v) is 12.0. The minimum Gasteiger partial charge on any atom is -0.478 e. The quantitative estimate of drug-likeness (QED) is 0.782. The fraction of sp³-hybridized carbons (Fsp3) is 0.562. The van der Waals surface area contributed by atoms with Crippen LogP contribution in [0.2, 0.25) is 0 Å². The van der Waals surface area contributed by atoms with Crippen LogP contribution in [0.5, 0.6) is 0 Å². The summed E-state index contributed by atoms with van der Waals surface area (Å²) in [5.74, 6) is -0.902. The van der Waals surface area contributed by atoms with Crippen LogP contribution in [0.3, 0.4) is 0 Å². The molecular weight excluding hydrogens is 254 g/mol. The number of nitrogens with one attached hydrogen (secondary N) is 1. The second-order valence-corrected chi connectivity index (χ2v) is 5.41. The SMILES string of the molecule is Cc1ccc(C(=O)O)c(NCCOC2CCCCC2)c1. The molecule has 1 aliphatic carbocycles. The lowest BCUT2D eigenvalue weighted by molar-refractivity contribution is 0.0347. The smallest absolute Gasteiger partial charge is 0.337 e. The Morgan fingerprint density at radius 1 is 1.35 bits per heavy atom. The number of anilines is 1. The van der Waals surface area contributed by atoms with Gasteiger partial charge in [-0.05, 0) is 37.5 Å². The maximum Gasteiger partial charge on any atom is 0.337 e. The molecule has 0 bridgehead atoms. The van der Waals surface area contributed by atoms with Gasteiger partial charge in [-0.2, -0.15) is 0 Å². The number of rotatable bonds is 6. The Balaban J connectivity index is 1.81. The van der Waals surface area contributed by atoms with E-state index >= 15 is 0 Å². The Hall–Kier alpha value is -1.55. The fourth-order valence-electron chi connectivity index (χ4n) is 2.63. The number of aryl methyl sites for hydroxylation is 1. The van der Waals surface area contributed by atoms with Crippen LogP contribution in [0.25, 0.3) is 0 Å². The lowest BCUT2D eigenvalue weighted by Gasteiger charge is -2.22. The molecule has 2 N–H and O–H groups in total. The molecule has 1 saturated carbocycles. The van der Waals surface area contributed by atoms with E-state index in [1.54, 1.807) is 6.07 Å². The third-order valence-corrected chi connectivity index (χ3v) is 3.73. The standard InChI is InChI=1S/C16H23NO3/c1-12-7-8-14(16(18)19)15(11-12)17-9-10-20-13-5-3-2-4-6-13/h7-8,11,13,17H,2-6,9-10H2,1H3,(H,18,19). The molecule has 4 nitrogen and oxygen atoms in total. The first kappa shape index (κ1) is 14.9. The third kappa shape index (κ3) is 4.23. The van der Waals surface area contributed by atoms with E-state index in [0.717, 1.165) is 18.4 Å². The van der Waals surface area contributed by atoms with Crippen LogP contribution in [-0.4, -0.2) is 30.3 Å². The molecule has 1 aromatic rings. The summed E-state index contributed by atoms with van der Waals surface area (Å²) in [5, 5.41) is 12.3. The first-order valence-electron chi connectivity index (χ1n) is 7.36. The van der Waals surface area contributed by atoms with Gasteiger partial charge in [0.15, 0.2) is 0 Å². The van der Waals surface area contributed by atoms with E-state index in [-0.39, 0.29) is 0 Å². The van der Waals surface area contributed by atoms with Crippen LogP contribution in [0.15, 0.2) is 18.2 Å². The van der Waals surface area contributed by atoms with Crippen LogP contribution in [0.4, 0.5) is 5.69 Å². The highest BCUT2D eigenvalue weighted by molar-refractivity contribution is 5.94. The number of ether oxygens (including phenoxy) is 1. The summed E-state index contributed by atoms with van der Waals surface area (Å²) in [4.78, 5) is 11.1. The summed E-state index contributed by atoms with van der Waals surface area (Å²) in [6, 6.07) is 5.32. The molecule has 0 heterocycles. The van der Waals surface area contributed by atoms with Gasteiger partial charge < -0.3 is 15.2 Å². The summed E-state index contributed by atoms with van der Waals surface area (Å²) < 4.78 is 5.83. The average molecular weight is 277 g/mol. The molecule has 0 atom stereocenters. The summed E-state index contributed by atoms with van der Waals surface area (Å²) in [6.07, 6.45) is 6.55. The second-order valence-electron chi connectivity index (χ2n) is 5.41. The van der Waals surface area contributed by atoms with Crippen molar-refractivity contribution in [1.29, 1.82) is 0 Å². The van der Waals surface area contributed by atoms with E-state index < -0.39 is 5.97 Å². The highest BCUT2D eigenvalue weighted by Gasteiger charge is 2.13. The van der Waals surface area contributed by atoms with Crippen LogP contribution < -0.4 is 5.32 Å². The van der Waals surface area contributed by atoms with Crippen molar-refractivity contribution in [2.24, 2.45) is 0 Å². The molecule has 0 radical (unpaired) electrons. The molecule has 110 valence electrons. The lowest BCUT2D eigenvalue weighted by atomic mass is 9.98. The summed E-state index contributed by atoms with van der Waals surface area (Å²) >= 11 is 0. The van der Waals surface area contributed by atoms with Crippen molar-refractivity contribution < 1.29 is 14.6 Å². The number of carboxylic acids is 1. The minimum absolute atomic E-state index is 0.313. The molecule has 20 heavy (non-hydrogen) atoms. The zero-order chi connectivity index (χ0) is 14.4. The van der Waals surface area contributed by atoms with E-state index in [4.69, 9.17) is 9.84 Å². The molecule has 0 spiro atoms. The lowest BCUT2D eigenvalue weighted by Crippen LogP contribution is -2.21. The predicted octanol–water partition coefficient (Wildman–Crippen LogP) is 3.45. The van der Waals surface area contributed by atoms with Crippen molar-refractivity contribution >= 4 is 11.7 Å². The van der Waals surface area contributed by atoms with Crippen molar-refractivity contribution in [3.63, 3.8) is 0 Å². The number of benzene rings is 1. The Morgan fingerprint density at radius 3 is 2.80 bits per heavy atom. The van der Waals surface area contributed by atoms with Crippen molar-refractivity contribution in [2.75, 3.05) is 18.5 Å². The molecule has 1 fully saturated rings. The molecule has 0 amide bonds. The normalized spacial score (nSPS) is 16.1. The molecule has 4 heteroatoms. The number of aromatic carboxylic acids is 1. The number of carbonyl (C=O) groups is 1. The van der Waals surface area contributed by atoms with Gasteiger partial charge in [0.2, 0.25) is 0 Å². The maximum atomic E-state index is 11.1. The van der Waals surface area contributed by atoms with Crippen molar-refractivity contribution in [1.82, 2.24) is 0 Å². The predicted molar refractivity (Wildman–Crippen MR) is 79.5 cm³/mol. The second kappa shape index (κ2) is 7.29. The van der Waals surface area contributed by atoms with Gasteiger partial charge in [-0.15, -0.1) is 0 Å². The highest BCUT2D eigenvalue weighted by atomic mass is 16.5. The molecule has 0 aliphatic heterocycles. The van der Waals surface area contributed by atoms with Gasteiger partial charge in [-0.25, -0.2) is 4.79 Å². The third-order valence-electron chi connectivity index (χ3n) is 3.73. The van der Waals surface area contributed by atoms with E-state index in [0.29, 0.717) is 30.5 Å². The molecule has 1 aliphatic rings. The monoisotopic (exact) mass is 277 g/mol. The number of hydrogen-bond acceptors (Lipinski definition) is 3. The Labute approximate surface area is 120 Å². The van der Waals surface area contributed by atoms with Crippen molar-refractivity contribution in [2.45, 2.75) is 45.1 Å². The molecule has 0 unspecified atom stereocenters. The summed E-state index contributed by atoms with van der Waals surface area (Å²) in [6.45, 7) is 3.22. The van der Waals surface area contributed by atoms with E-state index in [9.17, 15) is 4.79 Å². The van der Waals surface area contributed by atoms with Crippen molar-refractivity contribution in [3.05, 3.63) is 29.3 Å². The zero-order valence-electron chi connectivity index (χ0n) is 12.0. The van der Waals surface area contributed by atoms with Crippen LogP contribution in [0.1, 0.15) is 48.0 Å². The summed E-state index contributed by atoms with van der Waals surface area (Å²) in [7, 11) is 0. The highest BCUT2D eigenvalue weighted by Crippen LogP contribution is 2.20. The van der Waals surface area contributed by atoms with Crippen LogP contribution in [0, 0.1) is 6.92 Å². The van der Waals surface area contributed by atoms with Gasteiger partial charge in [0.25, 0.3) is 0 Å². The molecule has 0 saturated heterocycles. The molecule has 0 aromatic heterocycles. The number of hydrogen-bond donors (Lipinski definition) is 2. The van der Waals surface area contributed by atoms with Gasteiger partial charge in [-0.1, -0.05) is 25.3 Å². The first-order chi connectivity index (χ1) is 9.66. The average Bonchev–Trinajstić information content (AvgIpc) is 2.44. The minimum atomic E-state index is -0.902. The van der Waals surface area contributed by atoms with E-state index in [2.05, 4.69) is 5.32 Å². The topological polar surface area (TPSA) is 58.6 Å². The maximum absolute atomic E-state index is 11.1. The Morgan fingerprint density at radius 2 is 2.10 bits per heavy atom. The summed E-state index contributed by atoms with van der Waals surface area (Å²) in [5.41, 5.74) is 2.03. The first-order valence-corrected chi connectivity index (χ1v) is 7.36. The van der Waals surface area contributed by atoms with Gasteiger partial charge >= 0.3 is 5.97 Å². The van der Waals surface area contributed by atoms with Gasteiger partial charge in [-0.3, -0.25) is 0 Å². The fourth-order valence-corrected chi connectivity index (χ4v) is 2.63. The molecule has 1 aromatic carbocycles.